The number of ether oxygens (including phenoxy) is 1. The number of methoxy groups -OCH3 is 1. The molecule has 21 heavy (non-hydrogen) atoms. The van der Waals surface area contributed by atoms with E-state index in [2.05, 4.69) is 5.32 Å². The number of benzene rings is 2. The fourth-order valence-corrected chi connectivity index (χ4v) is 2.08. The van der Waals surface area contributed by atoms with Gasteiger partial charge in [-0.05, 0) is 41.8 Å². The van der Waals surface area contributed by atoms with Gasteiger partial charge in [-0.15, -0.1) is 0 Å². The number of hydrogen-bond donors (Lipinski definition) is 1. The van der Waals surface area contributed by atoms with Crippen LogP contribution in [0, 0.1) is 5.82 Å². The fourth-order valence-electron chi connectivity index (χ4n) is 2.08. The van der Waals surface area contributed by atoms with E-state index in [-0.39, 0.29) is 11.7 Å². The van der Waals surface area contributed by atoms with Crippen molar-refractivity contribution < 1.29 is 13.9 Å². The molecular formula is C17H18FNO2. The summed E-state index contributed by atoms with van der Waals surface area (Å²) in [4.78, 5) is 11.9. The summed E-state index contributed by atoms with van der Waals surface area (Å²) in [5, 5.41) is 2.84. The summed E-state index contributed by atoms with van der Waals surface area (Å²) in [6, 6.07) is 13.8. The SMILES string of the molecule is COCc1cccc(NC(=O)CCc2cccc(F)c2)c1. The van der Waals surface area contributed by atoms with Crippen LogP contribution in [0.3, 0.4) is 0 Å². The minimum absolute atomic E-state index is 0.0890. The Balaban J connectivity index is 1.88. The zero-order valence-corrected chi connectivity index (χ0v) is 11.9. The van der Waals surface area contributed by atoms with E-state index in [9.17, 15) is 9.18 Å². The first kappa shape index (κ1) is 15.2. The van der Waals surface area contributed by atoms with Gasteiger partial charge in [0.1, 0.15) is 5.82 Å². The van der Waals surface area contributed by atoms with Crippen molar-refractivity contribution in [2.24, 2.45) is 0 Å². The van der Waals surface area contributed by atoms with Crippen LogP contribution in [-0.4, -0.2) is 13.0 Å². The molecule has 0 aliphatic rings. The van der Waals surface area contributed by atoms with Crippen LogP contribution in [0.4, 0.5) is 10.1 Å². The number of amides is 1. The van der Waals surface area contributed by atoms with Crippen LogP contribution in [0.15, 0.2) is 48.5 Å². The first-order chi connectivity index (χ1) is 10.2. The third kappa shape index (κ3) is 5.00. The Morgan fingerprint density at radius 3 is 2.67 bits per heavy atom. The summed E-state index contributed by atoms with van der Waals surface area (Å²) >= 11 is 0. The summed E-state index contributed by atoms with van der Waals surface area (Å²) in [7, 11) is 1.63. The normalized spacial score (nSPS) is 10.4. The Kier molecular flexibility index (Phi) is 5.46. The molecule has 0 radical (unpaired) electrons. The molecule has 0 fully saturated rings. The van der Waals surface area contributed by atoms with E-state index < -0.39 is 0 Å². The zero-order chi connectivity index (χ0) is 15.1. The van der Waals surface area contributed by atoms with Crippen molar-refractivity contribution in [3.63, 3.8) is 0 Å². The Morgan fingerprint density at radius 2 is 1.90 bits per heavy atom. The van der Waals surface area contributed by atoms with Gasteiger partial charge in [-0.3, -0.25) is 4.79 Å². The van der Waals surface area contributed by atoms with Gasteiger partial charge in [-0.1, -0.05) is 24.3 Å². The zero-order valence-electron chi connectivity index (χ0n) is 11.9. The predicted octanol–water partition coefficient (Wildman–Crippen LogP) is 3.54. The van der Waals surface area contributed by atoms with Crippen molar-refractivity contribution in [1.82, 2.24) is 0 Å². The van der Waals surface area contributed by atoms with Crippen molar-refractivity contribution in [3.8, 4) is 0 Å². The molecule has 0 bridgehead atoms. The molecule has 2 rings (SSSR count). The Labute approximate surface area is 123 Å². The maximum Gasteiger partial charge on any atom is 0.224 e. The minimum atomic E-state index is -0.278. The number of rotatable bonds is 6. The van der Waals surface area contributed by atoms with Crippen molar-refractivity contribution in [2.75, 3.05) is 12.4 Å². The van der Waals surface area contributed by atoms with E-state index >= 15 is 0 Å². The van der Waals surface area contributed by atoms with Crippen molar-refractivity contribution in [1.29, 1.82) is 0 Å². The first-order valence-electron chi connectivity index (χ1n) is 6.79. The van der Waals surface area contributed by atoms with Crippen molar-refractivity contribution >= 4 is 11.6 Å². The summed E-state index contributed by atoms with van der Waals surface area (Å²) in [6.45, 7) is 0.507. The third-order valence-electron chi connectivity index (χ3n) is 3.05. The van der Waals surface area contributed by atoms with E-state index in [4.69, 9.17) is 4.74 Å². The second kappa shape index (κ2) is 7.55. The number of halogens is 1. The lowest BCUT2D eigenvalue weighted by molar-refractivity contribution is -0.116. The van der Waals surface area contributed by atoms with Crippen LogP contribution >= 0.6 is 0 Å². The lowest BCUT2D eigenvalue weighted by atomic mass is 10.1. The Bertz CT molecular complexity index is 613. The van der Waals surface area contributed by atoms with Crippen LogP contribution in [0.2, 0.25) is 0 Å². The van der Waals surface area contributed by atoms with Crippen LogP contribution in [0.1, 0.15) is 17.5 Å². The van der Waals surface area contributed by atoms with Gasteiger partial charge < -0.3 is 10.1 Å². The standard InChI is InChI=1S/C17H18FNO2/c1-21-12-14-5-3-7-16(11-14)19-17(20)9-8-13-4-2-6-15(18)10-13/h2-7,10-11H,8-9,12H2,1H3,(H,19,20). The predicted molar refractivity (Wildman–Crippen MR) is 80.5 cm³/mol. The van der Waals surface area contributed by atoms with Crippen LogP contribution < -0.4 is 5.32 Å². The molecule has 0 heterocycles. The lowest BCUT2D eigenvalue weighted by Crippen LogP contribution is -2.12. The van der Waals surface area contributed by atoms with Gasteiger partial charge in [-0.25, -0.2) is 4.39 Å². The molecule has 0 aliphatic heterocycles. The highest BCUT2D eigenvalue weighted by molar-refractivity contribution is 5.90. The molecule has 0 saturated heterocycles. The van der Waals surface area contributed by atoms with Gasteiger partial charge >= 0.3 is 0 Å². The molecule has 0 aromatic heterocycles. The summed E-state index contributed by atoms with van der Waals surface area (Å²) in [6.07, 6.45) is 0.833. The average molecular weight is 287 g/mol. The number of nitrogens with one attached hydrogen (secondary N) is 1. The molecule has 4 heteroatoms. The maximum absolute atomic E-state index is 13.0. The lowest BCUT2D eigenvalue weighted by Gasteiger charge is -2.07. The number of carbonyl (C=O) groups is 1. The molecule has 2 aromatic rings. The minimum Gasteiger partial charge on any atom is -0.380 e. The van der Waals surface area contributed by atoms with Gasteiger partial charge in [0.25, 0.3) is 0 Å². The van der Waals surface area contributed by atoms with E-state index in [1.54, 1.807) is 13.2 Å². The summed E-state index contributed by atoms with van der Waals surface area (Å²) < 4.78 is 18.1. The molecule has 1 N–H and O–H groups in total. The van der Waals surface area contributed by atoms with E-state index in [0.717, 1.165) is 16.8 Å². The van der Waals surface area contributed by atoms with Gasteiger partial charge in [-0.2, -0.15) is 0 Å². The number of anilines is 1. The monoisotopic (exact) mass is 287 g/mol. The highest BCUT2D eigenvalue weighted by atomic mass is 19.1. The first-order valence-corrected chi connectivity index (χ1v) is 6.79. The van der Waals surface area contributed by atoms with Gasteiger partial charge in [0.05, 0.1) is 6.61 Å². The summed E-state index contributed by atoms with van der Waals surface area (Å²) in [5.41, 5.74) is 2.56. The van der Waals surface area contributed by atoms with Crippen LogP contribution in [0.25, 0.3) is 0 Å². The average Bonchev–Trinajstić information content (AvgIpc) is 2.46. The molecule has 1 amide bonds. The highest BCUT2D eigenvalue weighted by Crippen LogP contribution is 2.12. The van der Waals surface area contributed by atoms with Gasteiger partial charge in [0, 0.05) is 19.2 Å². The van der Waals surface area contributed by atoms with E-state index in [0.29, 0.717) is 19.4 Å². The van der Waals surface area contributed by atoms with Gasteiger partial charge in [0.15, 0.2) is 0 Å². The largest absolute Gasteiger partial charge is 0.380 e. The second-order valence-corrected chi connectivity index (χ2v) is 4.81. The molecule has 0 unspecified atom stereocenters. The van der Waals surface area contributed by atoms with Crippen molar-refractivity contribution in [3.05, 3.63) is 65.5 Å². The fraction of sp³-hybridized carbons (Fsp3) is 0.235. The van der Waals surface area contributed by atoms with E-state index in [1.165, 1.54) is 12.1 Å². The molecule has 3 nitrogen and oxygen atoms in total. The summed E-state index contributed by atoms with van der Waals surface area (Å²) in [5.74, 6) is -0.367. The smallest absolute Gasteiger partial charge is 0.224 e. The van der Waals surface area contributed by atoms with E-state index in [1.807, 2.05) is 30.3 Å². The molecule has 2 aromatic carbocycles. The molecular weight excluding hydrogens is 269 g/mol. The second-order valence-electron chi connectivity index (χ2n) is 4.81. The third-order valence-corrected chi connectivity index (χ3v) is 3.05. The maximum atomic E-state index is 13.0. The number of carbonyl (C=O) groups excluding carboxylic acids is 1. The molecule has 110 valence electrons. The van der Waals surface area contributed by atoms with Crippen LogP contribution in [-0.2, 0) is 22.6 Å². The topological polar surface area (TPSA) is 38.3 Å². The number of aryl methyl sites for hydroxylation is 1. The molecule has 0 aliphatic carbocycles. The van der Waals surface area contributed by atoms with Crippen molar-refractivity contribution in [2.45, 2.75) is 19.4 Å². The number of hydrogen-bond acceptors (Lipinski definition) is 2. The highest BCUT2D eigenvalue weighted by Gasteiger charge is 2.04. The molecule has 0 atom stereocenters. The van der Waals surface area contributed by atoms with Crippen LogP contribution in [0.5, 0.6) is 0 Å². The Hall–Kier alpha value is -2.20. The molecule has 0 spiro atoms. The van der Waals surface area contributed by atoms with Gasteiger partial charge in [0.2, 0.25) is 5.91 Å². The molecule has 0 saturated carbocycles. The Morgan fingerprint density at radius 1 is 1.14 bits per heavy atom. The quantitative estimate of drug-likeness (QED) is 0.882.